The van der Waals surface area contributed by atoms with Crippen LogP contribution in [0.3, 0.4) is 0 Å². The Labute approximate surface area is 155 Å². The van der Waals surface area contributed by atoms with Crippen LogP contribution in [0.15, 0.2) is 54.6 Å². The number of hydrogen-bond donors (Lipinski definition) is 2. The molecule has 0 spiro atoms. The second kappa shape index (κ2) is 10.7. The third-order valence-corrected chi connectivity index (χ3v) is 4.42. The van der Waals surface area contributed by atoms with Gasteiger partial charge in [-0.15, -0.1) is 0 Å². The summed E-state index contributed by atoms with van der Waals surface area (Å²) in [7, 11) is 0. The number of aryl methyl sites for hydroxylation is 1. The lowest BCUT2D eigenvalue weighted by Gasteiger charge is -2.14. The predicted octanol–water partition coefficient (Wildman–Crippen LogP) is 4.99. The van der Waals surface area contributed by atoms with Gasteiger partial charge in [-0.2, -0.15) is 0 Å². The van der Waals surface area contributed by atoms with Crippen LogP contribution in [-0.2, 0) is 6.42 Å². The summed E-state index contributed by atoms with van der Waals surface area (Å²) in [6.45, 7) is 0.672. The van der Waals surface area contributed by atoms with Crippen LogP contribution < -0.4 is 14.8 Å². The maximum absolute atomic E-state index is 11.1. The summed E-state index contributed by atoms with van der Waals surface area (Å²) < 4.78 is 6.84. The molecule has 0 bridgehead atoms. The molecule has 0 saturated carbocycles. The van der Waals surface area contributed by atoms with E-state index in [-0.39, 0.29) is 0 Å². The van der Waals surface area contributed by atoms with E-state index >= 15 is 0 Å². The van der Waals surface area contributed by atoms with Gasteiger partial charge in [0.25, 0.3) is 0 Å². The van der Waals surface area contributed by atoms with E-state index < -0.39 is 6.03 Å². The Morgan fingerprint density at radius 3 is 2.44 bits per heavy atom. The summed E-state index contributed by atoms with van der Waals surface area (Å²) in [4.78, 5) is 11.1. The van der Waals surface area contributed by atoms with Crippen LogP contribution in [0.4, 0.5) is 10.5 Å². The van der Waals surface area contributed by atoms with Gasteiger partial charge in [-0.25, -0.2) is 9.10 Å². The monoisotopic (exact) mass is 358 g/mol. The molecule has 0 fully saturated rings. The Morgan fingerprint density at radius 2 is 1.68 bits per heavy atom. The van der Waals surface area contributed by atoms with Crippen molar-refractivity contribution in [3.63, 3.8) is 0 Å². The zero-order valence-electron chi connectivity index (χ0n) is 14.4. The molecule has 2 N–H and O–H groups in total. The molecule has 2 rings (SSSR count). The number of urea groups is 1. The van der Waals surface area contributed by atoms with Crippen LogP contribution in [-0.4, -0.2) is 12.6 Å². The number of carbonyl (C=O) groups is 1. The van der Waals surface area contributed by atoms with Gasteiger partial charge in [-0.05, 0) is 37.0 Å². The molecule has 2 aromatic carbocycles. The number of carbonyl (C=O) groups excluding carboxylic acids is 1. The van der Waals surface area contributed by atoms with Crippen LogP contribution in [0.2, 0.25) is 0 Å². The number of thiol groups is 1. The second-order valence-electron chi connectivity index (χ2n) is 6.00. The molecule has 0 heterocycles. The zero-order valence-corrected chi connectivity index (χ0v) is 15.3. The third-order valence-electron chi connectivity index (χ3n) is 3.99. The first kappa shape index (κ1) is 19.2. The summed E-state index contributed by atoms with van der Waals surface area (Å²) in [5, 5.41) is 0. The fraction of sp³-hybridized carbons (Fsp3) is 0.350. The number of nitrogens with two attached hydrogens (primary N) is 1. The maximum atomic E-state index is 11.1. The third kappa shape index (κ3) is 7.10. The number of ether oxygens (including phenoxy) is 1. The molecule has 2 aromatic rings. The summed E-state index contributed by atoms with van der Waals surface area (Å²) in [5.41, 5.74) is 7.23. The van der Waals surface area contributed by atoms with E-state index in [2.05, 4.69) is 43.1 Å². The molecule has 0 aliphatic heterocycles. The minimum absolute atomic E-state index is 0.606. The maximum Gasteiger partial charge on any atom is 0.329 e. The molecule has 0 unspecified atom stereocenters. The Hall–Kier alpha value is -2.14. The molecular formula is C20H26N2O2S. The molecule has 134 valence electrons. The number of unbranched alkanes of at least 4 members (excludes halogenated alkanes) is 4. The minimum atomic E-state index is -0.615. The lowest BCUT2D eigenvalue weighted by molar-refractivity contribution is 0.257. The first-order valence-electron chi connectivity index (χ1n) is 8.72. The quantitative estimate of drug-likeness (QED) is 0.464. The molecule has 5 heteroatoms. The van der Waals surface area contributed by atoms with E-state index in [1.54, 1.807) is 12.1 Å². The van der Waals surface area contributed by atoms with E-state index in [9.17, 15) is 4.79 Å². The summed E-state index contributed by atoms with van der Waals surface area (Å²) >= 11 is 4.05. The van der Waals surface area contributed by atoms with Crippen molar-refractivity contribution in [2.75, 3.05) is 10.9 Å². The highest BCUT2D eigenvalue weighted by atomic mass is 32.1. The Balaban J connectivity index is 1.57. The van der Waals surface area contributed by atoms with Crippen molar-refractivity contribution < 1.29 is 9.53 Å². The van der Waals surface area contributed by atoms with Crippen LogP contribution in [0, 0.1) is 0 Å². The van der Waals surface area contributed by atoms with Gasteiger partial charge in [0.05, 0.1) is 12.3 Å². The van der Waals surface area contributed by atoms with E-state index in [0.717, 1.165) is 29.3 Å². The molecule has 0 aliphatic rings. The van der Waals surface area contributed by atoms with Gasteiger partial charge in [0.2, 0.25) is 0 Å². The molecule has 0 saturated heterocycles. The van der Waals surface area contributed by atoms with Crippen molar-refractivity contribution in [1.29, 1.82) is 0 Å². The number of primary amides is 1. The number of nitrogens with zero attached hydrogens (tertiary/aromatic N) is 1. The molecular weight excluding hydrogens is 332 g/mol. The number of anilines is 1. The van der Waals surface area contributed by atoms with Crippen molar-refractivity contribution in [1.82, 2.24) is 0 Å². The van der Waals surface area contributed by atoms with E-state index in [1.165, 1.54) is 24.8 Å². The van der Waals surface area contributed by atoms with Crippen LogP contribution in [0.1, 0.15) is 37.7 Å². The largest absolute Gasteiger partial charge is 0.494 e. The van der Waals surface area contributed by atoms with Crippen LogP contribution in [0.5, 0.6) is 5.75 Å². The van der Waals surface area contributed by atoms with Crippen molar-refractivity contribution in [3.8, 4) is 5.75 Å². The summed E-state index contributed by atoms with van der Waals surface area (Å²) in [6.07, 6.45) is 7.05. The van der Waals surface area contributed by atoms with Gasteiger partial charge < -0.3 is 10.5 Å². The minimum Gasteiger partial charge on any atom is -0.494 e. The number of amides is 2. The smallest absolute Gasteiger partial charge is 0.329 e. The second-order valence-corrected chi connectivity index (χ2v) is 6.40. The van der Waals surface area contributed by atoms with Gasteiger partial charge >= 0.3 is 6.03 Å². The van der Waals surface area contributed by atoms with Crippen LogP contribution in [0.25, 0.3) is 0 Å². The van der Waals surface area contributed by atoms with E-state index in [1.807, 2.05) is 12.1 Å². The van der Waals surface area contributed by atoms with Crippen molar-refractivity contribution >= 4 is 24.5 Å². The van der Waals surface area contributed by atoms with Gasteiger partial charge in [0.1, 0.15) is 5.75 Å². The van der Waals surface area contributed by atoms with E-state index in [4.69, 9.17) is 10.5 Å². The molecule has 0 atom stereocenters. The van der Waals surface area contributed by atoms with E-state index in [0.29, 0.717) is 12.3 Å². The fourth-order valence-electron chi connectivity index (χ4n) is 2.63. The molecule has 0 aliphatic carbocycles. The normalized spacial score (nSPS) is 10.4. The first-order chi connectivity index (χ1) is 12.2. The predicted molar refractivity (Wildman–Crippen MR) is 106 cm³/mol. The highest BCUT2D eigenvalue weighted by Gasteiger charge is 2.08. The number of benzene rings is 2. The summed E-state index contributed by atoms with van der Waals surface area (Å²) in [5.74, 6) is 0.724. The van der Waals surface area contributed by atoms with Crippen molar-refractivity contribution in [2.24, 2.45) is 5.73 Å². The standard InChI is InChI=1S/C20H26N2O2S/c21-20(23)22(25)18-13-9-14-19(16-18)24-15-8-3-1-2-5-10-17-11-6-4-7-12-17/h4,6-7,9,11-14,16,25H,1-3,5,8,10,15H2,(H2,21,23). The number of rotatable bonds is 10. The van der Waals surface area contributed by atoms with Crippen molar-refractivity contribution in [2.45, 2.75) is 38.5 Å². The molecule has 0 radical (unpaired) electrons. The zero-order chi connectivity index (χ0) is 17.9. The molecule has 0 aromatic heterocycles. The van der Waals surface area contributed by atoms with Gasteiger partial charge in [0, 0.05) is 6.07 Å². The SMILES string of the molecule is NC(=O)N(S)c1cccc(OCCCCCCCc2ccccc2)c1. The first-order valence-corrected chi connectivity index (χ1v) is 9.12. The lowest BCUT2D eigenvalue weighted by Crippen LogP contribution is -2.27. The Kier molecular flexibility index (Phi) is 8.19. The molecule has 2 amide bonds. The number of hydrogen-bond acceptors (Lipinski definition) is 3. The average molecular weight is 359 g/mol. The van der Waals surface area contributed by atoms with Gasteiger partial charge in [-0.1, -0.05) is 68.5 Å². The van der Waals surface area contributed by atoms with Crippen LogP contribution >= 0.6 is 12.8 Å². The Morgan fingerprint density at radius 1 is 0.960 bits per heavy atom. The lowest BCUT2D eigenvalue weighted by atomic mass is 10.1. The Bertz CT molecular complexity index is 649. The molecule has 4 nitrogen and oxygen atoms in total. The van der Waals surface area contributed by atoms with Gasteiger partial charge in [-0.3, -0.25) is 0 Å². The highest BCUT2D eigenvalue weighted by Crippen LogP contribution is 2.22. The molecule has 25 heavy (non-hydrogen) atoms. The topological polar surface area (TPSA) is 55.6 Å². The summed E-state index contributed by atoms with van der Waals surface area (Å²) in [6, 6.07) is 17.2. The average Bonchev–Trinajstić information content (AvgIpc) is 2.64. The van der Waals surface area contributed by atoms with Crippen molar-refractivity contribution in [3.05, 3.63) is 60.2 Å². The fourth-order valence-corrected chi connectivity index (χ4v) is 2.75. The van der Waals surface area contributed by atoms with Gasteiger partial charge in [0.15, 0.2) is 0 Å². The highest BCUT2D eigenvalue weighted by molar-refractivity contribution is 7.82.